The summed E-state index contributed by atoms with van der Waals surface area (Å²) in [7, 11) is 0. The van der Waals surface area contributed by atoms with E-state index in [4.69, 9.17) is 33.0 Å². The van der Waals surface area contributed by atoms with Crippen molar-refractivity contribution in [3.63, 3.8) is 0 Å². The first kappa shape index (κ1) is 16.6. The third-order valence-electron chi connectivity index (χ3n) is 5.05. The van der Waals surface area contributed by atoms with Crippen molar-refractivity contribution in [2.75, 3.05) is 6.54 Å². The highest BCUT2D eigenvalue weighted by Gasteiger charge is 2.45. The van der Waals surface area contributed by atoms with E-state index in [0.29, 0.717) is 21.9 Å². The normalized spacial score (nSPS) is 28.1. The van der Waals surface area contributed by atoms with Gasteiger partial charge in [0.1, 0.15) is 6.10 Å². The third-order valence-corrected chi connectivity index (χ3v) is 5.78. The Morgan fingerprint density at radius 2 is 2.12 bits per heavy atom. The number of ether oxygens (including phenoxy) is 1. The van der Waals surface area contributed by atoms with E-state index < -0.39 is 5.97 Å². The summed E-state index contributed by atoms with van der Waals surface area (Å²) in [5.41, 5.74) is 0.992. The van der Waals surface area contributed by atoms with Crippen LogP contribution in [0.4, 0.5) is 0 Å². The standard InChI is InChI=1S/C16H16Cl2N4O3/c17-11-2-1-7(4-12(11)18)13-10-5-9(3-8(10)6-19-13)25-15-14(16(23)24)20-22-21-15/h1-2,4,8-10,13,19H,3,5-6H2,(H,23,24)(H,20,21,22)/t8-,9+,10+,13-/m1/s1. The number of aromatic carboxylic acids is 1. The maximum absolute atomic E-state index is 11.1. The Morgan fingerprint density at radius 1 is 1.28 bits per heavy atom. The van der Waals surface area contributed by atoms with E-state index in [1.165, 1.54) is 0 Å². The molecular formula is C16H16Cl2N4O3. The highest BCUT2D eigenvalue weighted by atomic mass is 35.5. The van der Waals surface area contributed by atoms with Crippen molar-refractivity contribution in [1.29, 1.82) is 0 Å². The highest BCUT2D eigenvalue weighted by Crippen LogP contribution is 2.46. The number of fused-ring (bicyclic) bond motifs is 1. The number of hydrogen-bond donors (Lipinski definition) is 3. The van der Waals surface area contributed by atoms with Crippen LogP contribution in [-0.4, -0.2) is 39.1 Å². The van der Waals surface area contributed by atoms with Gasteiger partial charge in [-0.1, -0.05) is 39.6 Å². The predicted octanol–water partition coefficient (Wildman–Crippen LogP) is 2.93. The Morgan fingerprint density at radius 3 is 2.88 bits per heavy atom. The summed E-state index contributed by atoms with van der Waals surface area (Å²) in [4.78, 5) is 11.1. The van der Waals surface area contributed by atoms with Crippen LogP contribution in [-0.2, 0) is 0 Å². The zero-order valence-corrected chi connectivity index (χ0v) is 14.6. The molecule has 4 rings (SSSR count). The lowest BCUT2D eigenvalue weighted by Crippen LogP contribution is -2.22. The molecule has 1 aliphatic carbocycles. The molecule has 1 aliphatic heterocycles. The molecule has 1 aromatic heterocycles. The number of rotatable bonds is 4. The number of nitrogens with zero attached hydrogens (tertiary/aromatic N) is 2. The second kappa shape index (κ2) is 6.48. The minimum Gasteiger partial charge on any atom is -0.476 e. The Hall–Kier alpha value is -1.83. The Labute approximate surface area is 153 Å². The SMILES string of the molecule is O=C(O)c1[nH]nnc1O[C@H]1C[C@@H]2CN[C@H](c3ccc(Cl)c(Cl)c3)[C@H]2C1. The predicted molar refractivity (Wildman–Crippen MR) is 91.2 cm³/mol. The molecule has 0 spiro atoms. The lowest BCUT2D eigenvalue weighted by molar-refractivity contribution is 0.0681. The Kier molecular flexibility index (Phi) is 4.31. The van der Waals surface area contributed by atoms with Gasteiger partial charge in [-0.25, -0.2) is 9.89 Å². The van der Waals surface area contributed by atoms with Crippen molar-refractivity contribution in [1.82, 2.24) is 20.7 Å². The average Bonchev–Trinajstić information content (AvgIpc) is 3.26. The first-order chi connectivity index (χ1) is 12.0. The summed E-state index contributed by atoms with van der Waals surface area (Å²) in [6.45, 7) is 0.889. The first-order valence-corrected chi connectivity index (χ1v) is 8.78. The molecule has 132 valence electrons. The molecule has 2 aliphatic rings. The van der Waals surface area contributed by atoms with Gasteiger partial charge in [0.15, 0.2) is 0 Å². The number of aromatic amines is 1. The van der Waals surface area contributed by atoms with Crippen LogP contribution in [0.25, 0.3) is 0 Å². The highest BCUT2D eigenvalue weighted by molar-refractivity contribution is 6.42. The zero-order chi connectivity index (χ0) is 17.6. The summed E-state index contributed by atoms with van der Waals surface area (Å²) in [5, 5.41) is 23.3. The van der Waals surface area contributed by atoms with Gasteiger partial charge in [-0.3, -0.25) is 0 Å². The fourth-order valence-electron chi connectivity index (χ4n) is 3.94. The molecule has 2 fully saturated rings. The van der Waals surface area contributed by atoms with Crippen LogP contribution in [0, 0.1) is 11.8 Å². The van der Waals surface area contributed by atoms with Crippen LogP contribution in [0.15, 0.2) is 18.2 Å². The van der Waals surface area contributed by atoms with Gasteiger partial charge in [0.2, 0.25) is 5.69 Å². The number of carbonyl (C=O) groups is 1. The van der Waals surface area contributed by atoms with Crippen LogP contribution in [0.3, 0.4) is 0 Å². The second-order valence-corrected chi connectivity index (χ2v) is 7.31. The minimum atomic E-state index is -1.13. The monoisotopic (exact) mass is 382 g/mol. The molecule has 1 saturated carbocycles. The molecule has 0 unspecified atom stereocenters. The van der Waals surface area contributed by atoms with Crippen molar-refractivity contribution in [2.45, 2.75) is 25.0 Å². The molecule has 25 heavy (non-hydrogen) atoms. The van der Waals surface area contributed by atoms with Gasteiger partial charge in [0.25, 0.3) is 5.88 Å². The van der Waals surface area contributed by atoms with Crippen molar-refractivity contribution in [2.24, 2.45) is 11.8 Å². The lowest BCUT2D eigenvalue weighted by Gasteiger charge is -2.20. The second-order valence-electron chi connectivity index (χ2n) is 6.49. The van der Waals surface area contributed by atoms with Crippen molar-refractivity contribution >= 4 is 29.2 Å². The van der Waals surface area contributed by atoms with Crippen LogP contribution in [0.5, 0.6) is 5.88 Å². The lowest BCUT2D eigenvalue weighted by atomic mass is 9.90. The fraction of sp³-hybridized carbons (Fsp3) is 0.438. The molecule has 1 aromatic carbocycles. The number of nitrogens with one attached hydrogen (secondary N) is 2. The van der Waals surface area contributed by atoms with Gasteiger partial charge in [-0.15, -0.1) is 0 Å². The molecule has 0 radical (unpaired) electrons. The number of carboxylic acid groups (broad SMARTS) is 1. The van der Waals surface area contributed by atoms with Crippen molar-refractivity contribution < 1.29 is 14.6 Å². The summed E-state index contributed by atoms with van der Waals surface area (Å²) in [6, 6.07) is 5.89. The number of benzene rings is 1. The van der Waals surface area contributed by atoms with Gasteiger partial charge >= 0.3 is 5.97 Å². The molecule has 9 heteroatoms. The van der Waals surface area contributed by atoms with E-state index in [1.54, 1.807) is 0 Å². The van der Waals surface area contributed by atoms with E-state index >= 15 is 0 Å². The number of carboxylic acids is 1. The average molecular weight is 383 g/mol. The quantitative estimate of drug-likeness (QED) is 0.751. The minimum absolute atomic E-state index is 0.0523. The topological polar surface area (TPSA) is 100 Å². The summed E-state index contributed by atoms with van der Waals surface area (Å²) in [5.74, 6) is -0.225. The van der Waals surface area contributed by atoms with Gasteiger partial charge < -0.3 is 15.2 Å². The van der Waals surface area contributed by atoms with E-state index in [9.17, 15) is 4.79 Å². The van der Waals surface area contributed by atoms with Gasteiger partial charge in [-0.05, 0) is 48.9 Å². The van der Waals surface area contributed by atoms with Crippen LogP contribution < -0.4 is 10.1 Å². The molecule has 3 N–H and O–H groups in total. The summed E-state index contributed by atoms with van der Waals surface area (Å²) in [6.07, 6.45) is 1.58. The Balaban J connectivity index is 1.48. The van der Waals surface area contributed by atoms with Gasteiger partial charge in [0, 0.05) is 6.04 Å². The molecule has 0 bridgehead atoms. The number of aromatic nitrogens is 3. The molecule has 2 heterocycles. The smallest absolute Gasteiger partial charge is 0.359 e. The maximum atomic E-state index is 11.1. The van der Waals surface area contributed by atoms with Crippen LogP contribution in [0.1, 0.15) is 34.9 Å². The first-order valence-electron chi connectivity index (χ1n) is 8.02. The van der Waals surface area contributed by atoms with Gasteiger partial charge in [-0.2, -0.15) is 0 Å². The number of hydrogen-bond acceptors (Lipinski definition) is 5. The molecule has 4 atom stereocenters. The summed E-state index contributed by atoms with van der Waals surface area (Å²) < 4.78 is 5.81. The van der Waals surface area contributed by atoms with Crippen LogP contribution >= 0.6 is 23.2 Å². The molecule has 1 saturated heterocycles. The van der Waals surface area contributed by atoms with E-state index in [0.717, 1.165) is 24.9 Å². The van der Waals surface area contributed by atoms with E-state index in [-0.39, 0.29) is 23.7 Å². The summed E-state index contributed by atoms with van der Waals surface area (Å²) >= 11 is 12.2. The number of H-pyrrole nitrogens is 1. The zero-order valence-electron chi connectivity index (χ0n) is 13.1. The fourth-order valence-corrected chi connectivity index (χ4v) is 4.25. The Bertz CT molecular complexity index is 812. The van der Waals surface area contributed by atoms with Crippen molar-refractivity contribution in [3.05, 3.63) is 39.5 Å². The van der Waals surface area contributed by atoms with Crippen molar-refractivity contribution in [3.8, 4) is 5.88 Å². The van der Waals surface area contributed by atoms with E-state index in [1.807, 2.05) is 18.2 Å². The van der Waals surface area contributed by atoms with E-state index in [2.05, 4.69) is 20.7 Å². The van der Waals surface area contributed by atoms with Gasteiger partial charge in [0.05, 0.1) is 10.0 Å². The molecule has 7 nitrogen and oxygen atoms in total. The largest absolute Gasteiger partial charge is 0.476 e. The number of halogens is 2. The van der Waals surface area contributed by atoms with Crippen LogP contribution in [0.2, 0.25) is 10.0 Å². The third kappa shape index (κ3) is 3.07. The molecule has 2 aromatic rings. The maximum Gasteiger partial charge on any atom is 0.359 e. The molecule has 0 amide bonds. The molecular weight excluding hydrogens is 367 g/mol.